The van der Waals surface area contributed by atoms with E-state index in [9.17, 15) is 33.0 Å². The van der Waals surface area contributed by atoms with Crippen molar-refractivity contribution in [2.45, 2.75) is 85.7 Å². The van der Waals surface area contributed by atoms with Gasteiger partial charge in [0.15, 0.2) is 12.2 Å². The number of aryl methyl sites for hydroxylation is 1. The Balaban J connectivity index is 0.00000422. The summed E-state index contributed by atoms with van der Waals surface area (Å²) in [7, 11) is 0. The number of likely N-dealkylation sites (N-methyl/N-ethyl adjacent to an activating group) is 1. The zero-order chi connectivity index (χ0) is 33.0. The van der Waals surface area contributed by atoms with Crippen molar-refractivity contribution in [1.82, 2.24) is 15.1 Å². The summed E-state index contributed by atoms with van der Waals surface area (Å²) in [6.07, 6.45) is -0.991. The van der Waals surface area contributed by atoms with Crippen LogP contribution >= 0.6 is 0 Å². The number of unbranched alkanes of at least 4 members (excludes halogenated alkanes) is 2. The van der Waals surface area contributed by atoms with Crippen molar-refractivity contribution in [2.75, 3.05) is 26.2 Å². The summed E-state index contributed by atoms with van der Waals surface area (Å²) in [5.74, 6) is -2.67. The molecular formula is C32H49F3N4O4. The van der Waals surface area contributed by atoms with E-state index in [1.165, 1.54) is 11.0 Å². The maximum Gasteiger partial charge on any atom is 0.449 e. The van der Waals surface area contributed by atoms with E-state index in [4.69, 9.17) is 0 Å². The van der Waals surface area contributed by atoms with Crippen LogP contribution in [-0.2, 0) is 16.1 Å². The molecule has 0 saturated carbocycles. The predicted octanol–water partition coefficient (Wildman–Crippen LogP) is 5.31. The highest BCUT2D eigenvalue weighted by atomic mass is 19.4. The molecule has 0 spiro atoms. The van der Waals surface area contributed by atoms with E-state index in [2.05, 4.69) is 16.9 Å². The Labute approximate surface area is 254 Å². The Morgan fingerprint density at radius 3 is 2.33 bits per heavy atom. The molecule has 1 aliphatic rings. The average molecular weight is 611 g/mol. The molecule has 8 nitrogen and oxygen atoms in total. The molecule has 2 atom stereocenters. The minimum absolute atomic E-state index is 0.00180. The number of halogens is 3. The van der Waals surface area contributed by atoms with Gasteiger partial charge in [-0.25, -0.2) is 4.99 Å². The van der Waals surface area contributed by atoms with E-state index in [-0.39, 0.29) is 38.4 Å². The summed E-state index contributed by atoms with van der Waals surface area (Å²) < 4.78 is 40.6. The molecule has 0 radical (unpaired) electrons. The molecule has 0 saturated heterocycles. The topological polar surface area (TPSA) is 105 Å². The first-order chi connectivity index (χ1) is 20.5. The molecule has 1 aliphatic heterocycles. The van der Waals surface area contributed by atoms with E-state index < -0.39 is 36.0 Å². The maximum atomic E-state index is 13.5. The number of hydrogen-bond donors (Lipinski definition) is 3. The molecule has 43 heavy (non-hydrogen) atoms. The Morgan fingerprint density at radius 1 is 1.07 bits per heavy atom. The number of aliphatic hydroxyl groups is 2. The third-order valence-electron chi connectivity index (χ3n) is 6.20. The molecule has 2 amide bonds. The quantitative estimate of drug-likeness (QED) is 0.279. The van der Waals surface area contributed by atoms with Crippen molar-refractivity contribution >= 4 is 17.6 Å². The van der Waals surface area contributed by atoms with Crippen LogP contribution in [0.25, 0.3) is 0 Å². The van der Waals surface area contributed by atoms with Crippen LogP contribution in [0.5, 0.6) is 0 Å². The van der Waals surface area contributed by atoms with Gasteiger partial charge in [-0.2, -0.15) is 13.2 Å². The fourth-order valence-electron chi connectivity index (χ4n) is 3.93. The van der Waals surface area contributed by atoms with Gasteiger partial charge in [-0.15, -0.1) is 0 Å². The molecule has 242 valence electrons. The van der Waals surface area contributed by atoms with Gasteiger partial charge in [-0.1, -0.05) is 76.8 Å². The summed E-state index contributed by atoms with van der Waals surface area (Å²) in [5.41, 5.74) is 1.86. The van der Waals surface area contributed by atoms with Crippen LogP contribution in [0.15, 0.2) is 65.8 Å². The maximum absolute atomic E-state index is 13.5. The summed E-state index contributed by atoms with van der Waals surface area (Å²) in [6.45, 7) is 15.9. The second kappa shape index (κ2) is 21.3. The Hall–Kier alpha value is -3.44. The zero-order valence-electron chi connectivity index (χ0n) is 26.3. The molecule has 0 fully saturated rings. The first-order valence-corrected chi connectivity index (χ1v) is 14.9. The molecule has 0 aromatic heterocycles. The standard InChI is InChI=1S/C28H37F3N4O4.2C2H6/c1-4-34(19-22-15-9-8-13-20(22)2)26(39)24(37)23(36)25(38)32-16-10-6-12-18-35-17-11-5-7-14-21(3)33-27(35)28(29,30)31;2*1-2/h5,7-9,11,13-15,23-24,36-37H,3-4,6,10,12,16-19H2,1-2H3,(H,32,38);2*1-2H3/b11-5-,14-7-,33-27?;;/t23-,24-;;/m1../s1. The largest absolute Gasteiger partial charge is 0.449 e. The SMILES string of the molecule is C=C1/C=C\C=C/CN(CCCCCNC(=O)[C@H](O)[C@@H](O)C(=O)N(CC)Cc2ccccc2C)C(C(F)(F)F)=N1.CC.CC. The van der Waals surface area contributed by atoms with Gasteiger partial charge in [0, 0.05) is 32.7 Å². The highest BCUT2D eigenvalue weighted by Crippen LogP contribution is 2.23. The number of alkyl halides is 3. The second-order valence-corrected chi connectivity index (χ2v) is 9.18. The highest BCUT2D eigenvalue weighted by molar-refractivity contribution is 5.90. The number of benzene rings is 1. The minimum atomic E-state index is -4.63. The van der Waals surface area contributed by atoms with Gasteiger partial charge in [-0.3, -0.25) is 9.59 Å². The minimum Gasteiger partial charge on any atom is -0.380 e. The molecular weight excluding hydrogens is 561 g/mol. The molecule has 1 aromatic carbocycles. The number of aliphatic hydroxyl groups excluding tert-OH is 2. The second-order valence-electron chi connectivity index (χ2n) is 9.18. The number of nitrogens with one attached hydrogen (secondary N) is 1. The number of aliphatic imine (C=N–C) groups is 1. The predicted molar refractivity (Wildman–Crippen MR) is 166 cm³/mol. The van der Waals surface area contributed by atoms with Crippen LogP contribution in [0.2, 0.25) is 0 Å². The number of amidine groups is 1. The lowest BCUT2D eigenvalue weighted by Crippen LogP contribution is -2.50. The molecule has 2 rings (SSSR count). The Bertz CT molecular complexity index is 1090. The molecule has 3 N–H and O–H groups in total. The van der Waals surface area contributed by atoms with Crippen molar-refractivity contribution in [2.24, 2.45) is 4.99 Å². The number of rotatable bonds is 12. The fraction of sp³-hybridized carbons (Fsp3) is 0.531. The summed E-state index contributed by atoms with van der Waals surface area (Å²) in [5, 5.41) is 23.0. The first kappa shape index (κ1) is 39.6. The number of hydrogen-bond acceptors (Lipinski definition) is 6. The lowest BCUT2D eigenvalue weighted by Gasteiger charge is -2.26. The Kier molecular flexibility index (Phi) is 19.6. The van der Waals surface area contributed by atoms with Gasteiger partial charge in [0.2, 0.25) is 5.84 Å². The van der Waals surface area contributed by atoms with Crippen molar-refractivity contribution in [1.29, 1.82) is 0 Å². The van der Waals surface area contributed by atoms with Gasteiger partial charge >= 0.3 is 6.18 Å². The monoisotopic (exact) mass is 610 g/mol. The van der Waals surface area contributed by atoms with Crippen LogP contribution < -0.4 is 5.32 Å². The number of nitrogens with zero attached hydrogens (tertiary/aromatic N) is 3. The van der Waals surface area contributed by atoms with Crippen LogP contribution in [0.1, 0.15) is 65.0 Å². The van der Waals surface area contributed by atoms with Crippen LogP contribution in [0.3, 0.4) is 0 Å². The smallest absolute Gasteiger partial charge is 0.380 e. The molecule has 0 aliphatic carbocycles. The van der Waals surface area contributed by atoms with Crippen molar-refractivity contribution in [3.8, 4) is 0 Å². The summed E-state index contributed by atoms with van der Waals surface area (Å²) >= 11 is 0. The molecule has 0 bridgehead atoms. The van der Waals surface area contributed by atoms with Gasteiger partial charge in [-0.05, 0) is 50.3 Å². The third-order valence-corrected chi connectivity index (χ3v) is 6.20. The lowest BCUT2D eigenvalue weighted by atomic mass is 10.1. The van der Waals surface area contributed by atoms with Gasteiger partial charge in [0.25, 0.3) is 11.8 Å². The van der Waals surface area contributed by atoms with E-state index in [1.807, 2.05) is 58.9 Å². The molecule has 0 unspecified atom stereocenters. The summed E-state index contributed by atoms with van der Waals surface area (Å²) in [4.78, 5) is 31.2. The van der Waals surface area contributed by atoms with E-state index in [0.29, 0.717) is 19.3 Å². The van der Waals surface area contributed by atoms with Crippen molar-refractivity contribution in [3.63, 3.8) is 0 Å². The summed E-state index contributed by atoms with van der Waals surface area (Å²) in [6, 6.07) is 7.47. The van der Waals surface area contributed by atoms with Gasteiger partial charge in [0.05, 0.1) is 5.70 Å². The fourth-order valence-corrected chi connectivity index (χ4v) is 3.93. The zero-order valence-corrected chi connectivity index (χ0v) is 26.3. The van der Waals surface area contributed by atoms with E-state index in [0.717, 1.165) is 16.0 Å². The van der Waals surface area contributed by atoms with Crippen molar-refractivity contribution in [3.05, 3.63) is 72.0 Å². The van der Waals surface area contributed by atoms with Gasteiger partial charge < -0.3 is 25.3 Å². The Morgan fingerprint density at radius 2 is 1.72 bits per heavy atom. The third kappa shape index (κ3) is 14.1. The van der Waals surface area contributed by atoms with E-state index >= 15 is 0 Å². The highest BCUT2D eigenvalue weighted by Gasteiger charge is 2.39. The van der Waals surface area contributed by atoms with E-state index in [1.54, 1.807) is 25.2 Å². The average Bonchev–Trinajstić information content (AvgIpc) is 3.09. The van der Waals surface area contributed by atoms with Gasteiger partial charge in [0.1, 0.15) is 0 Å². The first-order valence-electron chi connectivity index (χ1n) is 14.9. The van der Waals surface area contributed by atoms with Crippen LogP contribution in [0.4, 0.5) is 13.2 Å². The number of allylic oxidation sites excluding steroid dienone is 3. The molecule has 1 aromatic rings. The molecule has 1 heterocycles. The molecule has 11 heteroatoms. The van der Waals surface area contributed by atoms with Crippen LogP contribution in [0, 0.1) is 6.92 Å². The van der Waals surface area contributed by atoms with Crippen molar-refractivity contribution < 1.29 is 33.0 Å². The number of carbonyl (C=O) groups is 2. The lowest BCUT2D eigenvalue weighted by molar-refractivity contribution is -0.153. The number of amides is 2. The van der Waals surface area contributed by atoms with Crippen LogP contribution in [-0.4, -0.2) is 82.2 Å². The number of carbonyl (C=O) groups excluding carboxylic acids is 2. The normalized spacial score (nSPS) is 15.9.